The van der Waals surface area contributed by atoms with Crippen LogP contribution in [0.2, 0.25) is 0 Å². The quantitative estimate of drug-likeness (QED) is 0.693. The lowest BCUT2D eigenvalue weighted by atomic mass is 10.0. The van der Waals surface area contributed by atoms with E-state index in [1.807, 2.05) is 30.3 Å². The molecule has 3 unspecified atom stereocenters. The molecule has 1 saturated heterocycles. The van der Waals surface area contributed by atoms with Gasteiger partial charge >= 0.3 is 5.97 Å². The number of carboxylic acid groups (broad SMARTS) is 1. The molecule has 0 saturated carbocycles. The van der Waals surface area contributed by atoms with Gasteiger partial charge in [0.2, 0.25) is 5.91 Å². The van der Waals surface area contributed by atoms with Crippen LogP contribution < -0.4 is 11.1 Å². The molecule has 0 bridgehead atoms. The van der Waals surface area contributed by atoms with Gasteiger partial charge in [-0.15, -0.1) is 0 Å². The summed E-state index contributed by atoms with van der Waals surface area (Å²) in [5.74, 6) is -1.85. The van der Waals surface area contributed by atoms with Gasteiger partial charge in [-0.3, -0.25) is 4.79 Å². The molecule has 1 amide bonds. The molecule has 114 valence electrons. The van der Waals surface area contributed by atoms with Crippen LogP contribution in [-0.2, 0) is 20.7 Å². The zero-order valence-corrected chi connectivity index (χ0v) is 11.7. The summed E-state index contributed by atoms with van der Waals surface area (Å²) in [7, 11) is 0. The number of hydrogen-bond acceptors (Lipinski definition) is 4. The highest BCUT2D eigenvalue weighted by atomic mass is 16.5. The summed E-state index contributed by atoms with van der Waals surface area (Å²) < 4.78 is 5.13. The Morgan fingerprint density at radius 1 is 1.33 bits per heavy atom. The van der Waals surface area contributed by atoms with Crippen molar-refractivity contribution in [1.82, 2.24) is 5.32 Å². The Labute approximate surface area is 123 Å². The van der Waals surface area contributed by atoms with Crippen molar-refractivity contribution >= 4 is 11.9 Å². The van der Waals surface area contributed by atoms with Gasteiger partial charge in [-0.05, 0) is 18.4 Å². The second kappa shape index (κ2) is 7.19. The number of carbonyl (C=O) groups is 2. The number of nitrogens with one attached hydrogen (secondary N) is 1. The number of hydrogen-bond donors (Lipinski definition) is 3. The molecule has 1 heterocycles. The number of aryl methyl sites for hydroxylation is 1. The van der Waals surface area contributed by atoms with Gasteiger partial charge in [0, 0.05) is 6.04 Å². The SMILES string of the molecule is NC1COCC1C(=O)NC(CCc1ccccc1)C(=O)O. The lowest BCUT2D eigenvalue weighted by Gasteiger charge is -2.18. The minimum absolute atomic E-state index is 0.248. The molecule has 6 nitrogen and oxygen atoms in total. The smallest absolute Gasteiger partial charge is 0.326 e. The third-order valence-electron chi connectivity index (χ3n) is 3.64. The van der Waals surface area contributed by atoms with Gasteiger partial charge < -0.3 is 20.9 Å². The van der Waals surface area contributed by atoms with Crippen molar-refractivity contribution < 1.29 is 19.4 Å². The molecule has 6 heteroatoms. The Hall–Kier alpha value is -1.92. The number of nitrogens with two attached hydrogens (primary N) is 1. The minimum Gasteiger partial charge on any atom is -0.480 e. The Morgan fingerprint density at radius 3 is 2.62 bits per heavy atom. The summed E-state index contributed by atoms with van der Waals surface area (Å²) >= 11 is 0. The van der Waals surface area contributed by atoms with E-state index in [0.717, 1.165) is 5.56 Å². The standard InChI is InChI=1S/C15H20N2O4/c16-12-9-21-8-11(12)14(18)17-13(15(19)20)7-6-10-4-2-1-3-5-10/h1-5,11-13H,6-9,16H2,(H,17,18)(H,19,20). The van der Waals surface area contributed by atoms with E-state index in [9.17, 15) is 14.7 Å². The predicted octanol–water partition coefficient (Wildman–Crippen LogP) is 0.162. The summed E-state index contributed by atoms with van der Waals surface area (Å²) in [4.78, 5) is 23.3. The first kappa shape index (κ1) is 15.5. The van der Waals surface area contributed by atoms with E-state index in [1.165, 1.54) is 0 Å². The second-order valence-corrected chi connectivity index (χ2v) is 5.23. The van der Waals surface area contributed by atoms with Gasteiger partial charge in [-0.2, -0.15) is 0 Å². The molecule has 1 aromatic rings. The highest BCUT2D eigenvalue weighted by Gasteiger charge is 2.33. The van der Waals surface area contributed by atoms with Crippen molar-refractivity contribution in [1.29, 1.82) is 0 Å². The van der Waals surface area contributed by atoms with E-state index in [0.29, 0.717) is 19.4 Å². The first-order valence-corrected chi connectivity index (χ1v) is 6.98. The molecule has 4 N–H and O–H groups in total. The van der Waals surface area contributed by atoms with Crippen LogP contribution in [0, 0.1) is 5.92 Å². The Morgan fingerprint density at radius 2 is 2.05 bits per heavy atom. The van der Waals surface area contributed by atoms with Gasteiger partial charge in [0.25, 0.3) is 0 Å². The molecular formula is C15H20N2O4. The monoisotopic (exact) mass is 292 g/mol. The maximum absolute atomic E-state index is 12.0. The lowest BCUT2D eigenvalue weighted by molar-refractivity contribution is -0.142. The van der Waals surface area contributed by atoms with E-state index < -0.39 is 17.9 Å². The normalized spacial score (nSPS) is 22.7. The highest BCUT2D eigenvalue weighted by molar-refractivity contribution is 5.85. The van der Waals surface area contributed by atoms with Crippen molar-refractivity contribution in [2.75, 3.05) is 13.2 Å². The van der Waals surface area contributed by atoms with Crippen LogP contribution >= 0.6 is 0 Å². The fourth-order valence-corrected chi connectivity index (χ4v) is 2.33. The van der Waals surface area contributed by atoms with E-state index in [1.54, 1.807) is 0 Å². The molecule has 21 heavy (non-hydrogen) atoms. The number of carboxylic acids is 1. The van der Waals surface area contributed by atoms with E-state index in [-0.39, 0.29) is 18.6 Å². The maximum atomic E-state index is 12.0. The average molecular weight is 292 g/mol. The molecule has 1 fully saturated rings. The number of rotatable bonds is 6. The lowest BCUT2D eigenvalue weighted by Crippen LogP contribution is -2.48. The summed E-state index contributed by atoms with van der Waals surface area (Å²) in [5, 5.41) is 11.8. The third kappa shape index (κ3) is 4.27. The van der Waals surface area contributed by atoms with Gasteiger partial charge in [0.1, 0.15) is 6.04 Å². The first-order chi connectivity index (χ1) is 10.1. The number of carbonyl (C=O) groups excluding carboxylic acids is 1. The van der Waals surface area contributed by atoms with Gasteiger partial charge in [0.15, 0.2) is 0 Å². The first-order valence-electron chi connectivity index (χ1n) is 6.98. The fourth-order valence-electron chi connectivity index (χ4n) is 2.33. The van der Waals surface area contributed by atoms with E-state index in [4.69, 9.17) is 10.5 Å². The van der Waals surface area contributed by atoms with Crippen molar-refractivity contribution in [3.05, 3.63) is 35.9 Å². The number of amides is 1. The molecule has 0 aliphatic carbocycles. The van der Waals surface area contributed by atoms with Crippen molar-refractivity contribution in [3.8, 4) is 0 Å². The highest BCUT2D eigenvalue weighted by Crippen LogP contribution is 2.13. The number of benzene rings is 1. The zero-order chi connectivity index (χ0) is 15.2. The second-order valence-electron chi connectivity index (χ2n) is 5.23. The minimum atomic E-state index is -1.04. The van der Waals surface area contributed by atoms with Crippen LogP contribution in [0.15, 0.2) is 30.3 Å². The molecule has 2 rings (SSSR count). The molecule has 0 radical (unpaired) electrons. The molecule has 1 aliphatic heterocycles. The van der Waals surface area contributed by atoms with Crippen LogP contribution in [0.1, 0.15) is 12.0 Å². The molecule has 1 aromatic carbocycles. The molecule has 0 spiro atoms. The summed E-state index contributed by atoms with van der Waals surface area (Å²) in [6.45, 7) is 0.581. The van der Waals surface area contributed by atoms with E-state index in [2.05, 4.69) is 5.32 Å². The average Bonchev–Trinajstić information content (AvgIpc) is 2.90. The summed E-state index contributed by atoms with van der Waals surface area (Å²) in [5.41, 5.74) is 6.80. The fraction of sp³-hybridized carbons (Fsp3) is 0.467. The van der Waals surface area contributed by atoms with Gasteiger partial charge in [-0.25, -0.2) is 4.79 Å². The van der Waals surface area contributed by atoms with Crippen LogP contribution in [-0.4, -0.2) is 42.3 Å². The molecule has 0 aromatic heterocycles. The van der Waals surface area contributed by atoms with Crippen LogP contribution in [0.3, 0.4) is 0 Å². The van der Waals surface area contributed by atoms with Crippen LogP contribution in [0.4, 0.5) is 0 Å². The molecule has 1 aliphatic rings. The van der Waals surface area contributed by atoms with Crippen molar-refractivity contribution in [2.45, 2.75) is 24.9 Å². The van der Waals surface area contributed by atoms with E-state index >= 15 is 0 Å². The molecular weight excluding hydrogens is 272 g/mol. The Bertz CT molecular complexity index is 492. The van der Waals surface area contributed by atoms with Gasteiger partial charge in [0.05, 0.1) is 19.1 Å². The van der Waals surface area contributed by atoms with Crippen LogP contribution in [0.25, 0.3) is 0 Å². The van der Waals surface area contributed by atoms with Gasteiger partial charge in [-0.1, -0.05) is 30.3 Å². The van der Waals surface area contributed by atoms with Crippen molar-refractivity contribution in [3.63, 3.8) is 0 Å². The number of ether oxygens (including phenoxy) is 1. The maximum Gasteiger partial charge on any atom is 0.326 e. The number of aliphatic carboxylic acids is 1. The zero-order valence-electron chi connectivity index (χ0n) is 11.7. The third-order valence-corrected chi connectivity index (χ3v) is 3.64. The largest absolute Gasteiger partial charge is 0.480 e. The summed E-state index contributed by atoms with van der Waals surface area (Å²) in [6, 6.07) is 8.29. The predicted molar refractivity (Wildman–Crippen MR) is 76.6 cm³/mol. The van der Waals surface area contributed by atoms with Crippen LogP contribution in [0.5, 0.6) is 0 Å². The Balaban J connectivity index is 1.90. The van der Waals surface area contributed by atoms with Crippen molar-refractivity contribution in [2.24, 2.45) is 11.7 Å². The Kier molecular flexibility index (Phi) is 5.30. The summed E-state index contributed by atoms with van der Waals surface area (Å²) in [6.07, 6.45) is 0.930. The topological polar surface area (TPSA) is 102 Å². The molecule has 3 atom stereocenters.